The first-order chi connectivity index (χ1) is 15.3. The van der Waals surface area contributed by atoms with Gasteiger partial charge in [-0.15, -0.1) is 0 Å². The fourth-order valence-electron chi connectivity index (χ4n) is 3.44. The molecule has 5 rings (SSSR count). The third-order valence-corrected chi connectivity index (χ3v) is 6.14. The summed E-state index contributed by atoms with van der Waals surface area (Å²) >= 11 is 1.18. The van der Waals surface area contributed by atoms with E-state index < -0.39 is 17.9 Å². The van der Waals surface area contributed by atoms with Gasteiger partial charge in [0.25, 0.3) is 0 Å². The summed E-state index contributed by atoms with van der Waals surface area (Å²) in [6.45, 7) is 0. The maximum atomic E-state index is 14.6. The number of aromatic nitrogens is 2. The second-order valence-corrected chi connectivity index (χ2v) is 8.23. The lowest BCUT2D eigenvalue weighted by Gasteiger charge is -2.15. The molecule has 1 aliphatic carbocycles. The summed E-state index contributed by atoms with van der Waals surface area (Å²) in [5.41, 5.74) is 1.98. The summed E-state index contributed by atoms with van der Waals surface area (Å²) in [6, 6.07) is 16.9. The van der Waals surface area contributed by atoms with E-state index in [0.29, 0.717) is 15.4 Å². The van der Waals surface area contributed by atoms with Crippen LogP contribution in [0.1, 0.15) is 11.3 Å². The highest BCUT2D eigenvalue weighted by Crippen LogP contribution is 2.45. The van der Waals surface area contributed by atoms with Crippen molar-refractivity contribution in [2.24, 2.45) is 0 Å². The van der Waals surface area contributed by atoms with Crippen molar-refractivity contribution in [2.45, 2.75) is 11.6 Å². The molecule has 1 aliphatic rings. The van der Waals surface area contributed by atoms with E-state index in [2.05, 4.69) is 17.1 Å². The van der Waals surface area contributed by atoms with Crippen LogP contribution in [0.5, 0.6) is 0 Å². The average molecular weight is 455 g/mol. The zero-order chi connectivity index (χ0) is 22.5. The van der Waals surface area contributed by atoms with E-state index in [1.54, 1.807) is 5.32 Å². The number of allylic oxidation sites excluding steroid dienone is 2. The predicted molar refractivity (Wildman–Crippen MR) is 114 cm³/mol. The lowest BCUT2D eigenvalue weighted by molar-refractivity contribution is -0.167. The Morgan fingerprint density at radius 3 is 2.38 bits per heavy atom. The second-order valence-electron chi connectivity index (χ2n) is 7.25. The van der Waals surface area contributed by atoms with Crippen LogP contribution < -0.4 is 5.32 Å². The summed E-state index contributed by atoms with van der Waals surface area (Å²) in [6.07, 6.45) is -0.933. The van der Waals surface area contributed by atoms with Gasteiger partial charge in [0.05, 0.1) is 11.1 Å². The number of thiazole rings is 1. The van der Waals surface area contributed by atoms with E-state index >= 15 is 0 Å². The smallest absolute Gasteiger partial charge is 0.318 e. The molecule has 0 spiro atoms. The fraction of sp³-hybridized carbons (Fsp3) is 0.0870. The molecule has 2 aromatic carbocycles. The van der Waals surface area contributed by atoms with Crippen LogP contribution in [0.4, 0.5) is 23.2 Å². The zero-order valence-electron chi connectivity index (χ0n) is 16.2. The van der Waals surface area contributed by atoms with Gasteiger partial charge in [0.15, 0.2) is 0 Å². The second kappa shape index (κ2) is 7.23. The Hall–Kier alpha value is -3.59. The highest BCUT2D eigenvalue weighted by atomic mass is 32.1. The van der Waals surface area contributed by atoms with E-state index in [4.69, 9.17) is 4.98 Å². The van der Waals surface area contributed by atoms with Crippen LogP contribution in [-0.2, 0) is 10.2 Å². The molecule has 2 heterocycles. The molecular weight excluding hydrogens is 442 g/mol. The molecule has 0 bridgehead atoms. The van der Waals surface area contributed by atoms with E-state index in [1.807, 2.05) is 42.5 Å². The number of benzene rings is 2. The molecule has 4 nitrogen and oxygen atoms in total. The topological polar surface area (TPSA) is 54.9 Å². The molecular formula is C23H13F4N3OS. The molecule has 9 heteroatoms. The number of fused-ring (bicyclic) bond motifs is 1. The Balaban J connectivity index is 1.45. The molecule has 1 N–H and O–H groups in total. The van der Waals surface area contributed by atoms with E-state index in [0.717, 1.165) is 17.3 Å². The van der Waals surface area contributed by atoms with Gasteiger partial charge in [-0.1, -0.05) is 53.8 Å². The maximum absolute atomic E-state index is 14.6. The normalized spacial score (nSPS) is 14.5. The van der Waals surface area contributed by atoms with Crippen molar-refractivity contribution in [1.82, 2.24) is 9.97 Å². The van der Waals surface area contributed by atoms with Crippen LogP contribution >= 0.6 is 11.3 Å². The minimum Gasteiger partial charge on any atom is -0.318 e. The number of amides is 1. The fourth-order valence-corrected chi connectivity index (χ4v) is 4.40. The van der Waals surface area contributed by atoms with Gasteiger partial charge in [0.1, 0.15) is 21.2 Å². The number of carbonyl (C=O) groups is 1. The van der Waals surface area contributed by atoms with Gasteiger partial charge in [-0.05, 0) is 35.9 Å². The summed E-state index contributed by atoms with van der Waals surface area (Å²) in [7, 11) is 0. The number of halogens is 4. The summed E-state index contributed by atoms with van der Waals surface area (Å²) < 4.78 is 51.8. The molecule has 0 unspecified atom stereocenters. The molecule has 0 atom stereocenters. The minimum atomic E-state index is -5.06. The van der Waals surface area contributed by atoms with Crippen molar-refractivity contribution >= 4 is 33.3 Å². The first-order valence-electron chi connectivity index (χ1n) is 9.48. The Bertz CT molecular complexity index is 1370. The molecule has 0 saturated heterocycles. The Morgan fingerprint density at radius 2 is 1.72 bits per heavy atom. The van der Waals surface area contributed by atoms with E-state index in [-0.39, 0.29) is 16.7 Å². The lowest BCUT2D eigenvalue weighted by atomic mass is 9.89. The molecule has 0 saturated carbocycles. The lowest BCUT2D eigenvalue weighted by Crippen LogP contribution is -2.29. The van der Waals surface area contributed by atoms with Gasteiger partial charge in [0, 0.05) is 11.3 Å². The number of rotatable bonds is 4. The van der Waals surface area contributed by atoms with Crippen molar-refractivity contribution in [3.05, 3.63) is 89.9 Å². The Kier molecular flexibility index (Phi) is 4.59. The number of anilines is 1. The van der Waals surface area contributed by atoms with Crippen molar-refractivity contribution in [3.63, 3.8) is 0 Å². The number of nitrogens with one attached hydrogen (secondary N) is 1. The highest BCUT2D eigenvalue weighted by molar-refractivity contribution is 7.21. The molecule has 1 amide bonds. The van der Waals surface area contributed by atoms with Crippen LogP contribution in [-0.4, -0.2) is 22.1 Å². The van der Waals surface area contributed by atoms with Crippen LogP contribution in [0.3, 0.4) is 0 Å². The molecule has 0 fully saturated rings. The van der Waals surface area contributed by atoms with Crippen molar-refractivity contribution in [3.8, 4) is 10.6 Å². The van der Waals surface area contributed by atoms with Gasteiger partial charge >= 0.3 is 12.1 Å². The number of hydrogen-bond donors (Lipinski definition) is 1. The zero-order valence-corrected chi connectivity index (χ0v) is 17.0. The third kappa shape index (κ3) is 3.54. The molecule has 160 valence electrons. The Morgan fingerprint density at radius 1 is 0.969 bits per heavy atom. The number of carbonyl (C=O) groups excluding carboxylic acids is 1. The van der Waals surface area contributed by atoms with E-state index in [1.165, 1.54) is 23.5 Å². The monoisotopic (exact) mass is 455 g/mol. The predicted octanol–water partition coefficient (Wildman–Crippen LogP) is 5.85. The number of pyridine rings is 1. The number of alkyl halides is 3. The minimum absolute atomic E-state index is 0.113. The molecule has 2 aromatic heterocycles. The van der Waals surface area contributed by atoms with Gasteiger partial charge < -0.3 is 5.32 Å². The van der Waals surface area contributed by atoms with Crippen molar-refractivity contribution in [1.29, 1.82) is 0 Å². The number of nitrogens with zero attached hydrogens (tertiary/aromatic N) is 2. The summed E-state index contributed by atoms with van der Waals surface area (Å²) in [4.78, 5) is 20.8. The van der Waals surface area contributed by atoms with Crippen molar-refractivity contribution in [2.75, 3.05) is 5.32 Å². The first kappa shape index (κ1) is 20.3. The maximum Gasteiger partial charge on any atom is 0.471 e. The summed E-state index contributed by atoms with van der Waals surface area (Å²) in [5, 5.41) is 1.98. The summed E-state index contributed by atoms with van der Waals surface area (Å²) in [5.74, 6) is -2.96. The van der Waals surface area contributed by atoms with Gasteiger partial charge in [-0.25, -0.2) is 14.4 Å². The van der Waals surface area contributed by atoms with E-state index in [9.17, 15) is 22.4 Å². The van der Waals surface area contributed by atoms with Gasteiger partial charge in [-0.2, -0.15) is 13.2 Å². The average Bonchev–Trinajstić information content (AvgIpc) is 3.47. The number of hydrogen-bond acceptors (Lipinski definition) is 4. The standard InChI is InChI=1S/C23H13F4N3OS/c24-16-12-14(28-21(31)23(25,26)27)6-7-15(16)19-29-17-8-9-18(30-20(17)32-19)22(10-11-22)13-4-2-1-3-5-13/h1-12H,(H,28,31). The Labute approximate surface area is 183 Å². The van der Waals surface area contributed by atoms with Crippen molar-refractivity contribution < 1.29 is 22.4 Å². The molecule has 0 radical (unpaired) electrons. The highest BCUT2D eigenvalue weighted by Gasteiger charge is 2.40. The first-order valence-corrected chi connectivity index (χ1v) is 10.3. The largest absolute Gasteiger partial charge is 0.471 e. The van der Waals surface area contributed by atoms with Gasteiger partial charge in [-0.3, -0.25) is 4.79 Å². The quantitative estimate of drug-likeness (QED) is 0.310. The van der Waals surface area contributed by atoms with Crippen LogP contribution in [0, 0.1) is 5.82 Å². The molecule has 0 aliphatic heterocycles. The molecule has 32 heavy (non-hydrogen) atoms. The molecule has 4 aromatic rings. The van der Waals surface area contributed by atoms with Crippen LogP contribution in [0.2, 0.25) is 0 Å². The van der Waals surface area contributed by atoms with Gasteiger partial charge in [0.2, 0.25) is 0 Å². The SMILES string of the molecule is O=C(Nc1ccc(-c2nc3ccc(C4(c5ccccc5)C=C4)nc3s2)c(F)c1)C(F)(F)F. The van der Waals surface area contributed by atoms with Crippen LogP contribution in [0.15, 0.2) is 72.8 Å². The third-order valence-electron chi connectivity index (χ3n) is 5.15. The van der Waals surface area contributed by atoms with Crippen LogP contribution in [0.25, 0.3) is 20.9 Å².